The Balaban J connectivity index is 1.41. The molecule has 0 saturated carbocycles. The molecule has 2 heterocycles. The molecule has 0 amide bonds. The van der Waals surface area contributed by atoms with Gasteiger partial charge in [-0.05, 0) is 19.1 Å². The van der Waals surface area contributed by atoms with E-state index >= 15 is 0 Å². The number of H-pyrrole nitrogens is 1. The molecule has 1 aromatic heterocycles. The van der Waals surface area contributed by atoms with Gasteiger partial charge in [0.2, 0.25) is 0 Å². The lowest BCUT2D eigenvalue weighted by atomic mass is 10.1. The molecule has 0 unspecified atom stereocenters. The van der Waals surface area contributed by atoms with Crippen LogP contribution in [0.2, 0.25) is 0 Å². The zero-order valence-corrected chi connectivity index (χ0v) is 15.5. The second-order valence-corrected chi connectivity index (χ2v) is 7.06. The van der Waals surface area contributed by atoms with E-state index in [2.05, 4.69) is 9.88 Å². The van der Waals surface area contributed by atoms with Crippen molar-refractivity contribution in [3.8, 4) is 0 Å². The third kappa shape index (κ3) is 3.28. The van der Waals surface area contributed by atoms with Gasteiger partial charge in [0.05, 0.1) is 16.7 Å². The van der Waals surface area contributed by atoms with E-state index in [0.717, 1.165) is 17.1 Å². The van der Waals surface area contributed by atoms with Crippen molar-refractivity contribution in [2.24, 2.45) is 0 Å². The van der Waals surface area contributed by atoms with Gasteiger partial charge in [-0.3, -0.25) is 9.47 Å². The summed E-state index contributed by atoms with van der Waals surface area (Å²) < 4.78 is 43.2. The number of nitrogens with zero attached hydrogens (tertiary/aromatic N) is 3. The zero-order chi connectivity index (χ0) is 19.8. The van der Waals surface area contributed by atoms with Crippen LogP contribution in [0.15, 0.2) is 35.1 Å². The quantitative estimate of drug-likeness (QED) is 0.697. The van der Waals surface area contributed by atoms with Gasteiger partial charge >= 0.3 is 5.69 Å². The lowest BCUT2D eigenvalue weighted by molar-refractivity contribution is 0.247. The van der Waals surface area contributed by atoms with Crippen LogP contribution >= 0.6 is 0 Å². The topological polar surface area (TPSA) is 44.3 Å². The first-order valence-electron chi connectivity index (χ1n) is 9.24. The van der Waals surface area contributed by atoms with Crippen LogP contribution in [0.25, 0.3) is 11.0 Å². The van der Waals surface area contributed by atoms with E-state index in [9.17, 15) is 18.0 Å². The molecule has 1 fully saturated rings. The Morgan fingerprint density at radius 2 is 1.71 bits per heavy atom. The van der Waals surface area contributed by atoms with E-state index in [1.54, 1.807) is 9.47 Å². The predicted octanol–water partition coefficient (Wildman–Crippen LogP) is 2.88. The SMILES string of the molecule is Cc1c(F)c(F)cc(N2CCN(CCn3c(=O)[nH]c4ccccc43)CC2)c1F. The smallest absolute Gasteiger partial charge is 0.326 e. The summed E-state index contributed by atoms with van der Waals surface area (Å²) in [4.78, 5) is 18.9. The molecule has 1 aliphatic heterocycles. The highest BCUT2D eigenvalue weighted by Gasteiger charge is 2.23. The molecular formula is C20H21F3N4O. The fourth-order valence-electron chi connectivity index (χ4n) is 3.73. The summed E-state index contributed by atoms with van der Waals surface area (Å²) in [6.07, 6.45) is 0. The standard InChI is InChI=1S/C20H21F3N4O/c1-13-18(22)14(21)12-17(19(13)23)26-9-6-25(7-10-26)8-11-27-16-5-3-2-4-15(16)24-20(27)28/h2-5,12H,6-11H2,1H3,(H,24,28). The summed E-state index contributed by atoms with van der Waals surface area (Å²) in [5.41, 5.74) is 1.34. The first kappa shape index (κ1) is 18.6. The Kier molecular flexibility index (Phi) is 4.89. The van der Waals surface area contributed by atoms with Gasteiger partial charge in [-0.1, -0.05) is 12.1 Å². The second-order valence-electron chi connectivity index (χ2n) is 7.06. The van der Waals surface area contributed by atoms with Crippen molar-refractivity contribution in [2.75, 3.05) is 37.6 Å². The molecule has 2 aromatic carbocycles. The molecule has 4 rings (SSSR count). The van der Waals surface area contributed by atoms with Gasteiger partial charge in [0.15, 0.2) is 17.5 Å². The number of aromatic nitrogens is 2. The molecule has 3 aromatic rings. The van der Waals surface area contributed by atoms with Gasteiger partial charge in [0.25, 0.3) is 0 Å². The third-order valence-electron chi connectivity index (χ3n) is 5.39. The number of fused-ring (bicyclic) bond motifs is 1. The van der Waals surface area contributed by atoms with Crippen LogP contribution in [0, 0.1) is 24.4 Å². The van der Waals surface area contributed by atoms with E-state index < -0.39 is 17.5 Å². The van der Waals surface area contributed by atoms with Gasteiger partial charge < -0.3 is 9.88 Å². The van der Waals surface area contributed by atoms with Gasteiger partial charge in [0, 0.05) is 50.9 Å². The number of hydrogen-bond acceptors (Lipinski definition) is 3. The number of para-hydroxylation sites is 2. The van der Waals surface area contributed by atoms with E-state index in [1.807, 2.05) is 24.3 Å². The van der Waals surface area contributed by atoms with E-state index in [1.165, 1.54) is 6.92 Å². The predicted molar refractivity (Wildman–Crippen MR) is 102 cm³/mol. The zero-order valence-electron chi connectivity index (χ0n) is 15.5. The minimum absolute atomic E-state index is 0.101. The van der Waals surface area contributed by atoms with Crippen LogP contribution < -0.4 is 10.6 Å². The summed E-state index contributed by atoms with van der Waals surface area (Å²) in [6.45, 7) is 4.76. The van der Waals surface area contributed by atoms with Crippen molar-refractivity contribution in [1.29, 1.82) is 0 Å². The highest BCUT2D eigenvalue weighted by molar-refractivity contribution is 5.74. The maximum atomic E-state index is 14.3. The van der Waals surface area contributed by atoms with Crippen molar-refractivity contribution in [2.45, 2.75) is 13.5 Å². The number of aromatic amines is 1. The fourth-order valence-corrected chi connectivity index (χ4v) is 3.73. The molecule has 8 heteroatoms. The van der Waals surface area contributed by atoms with Gasteiger partial charge in [-0.15, -0.1) is 0 Å². The van der Waals surface area contributed by atoms with Gasteiger partial charge in [0.1, 0.15) is 0 Å². The minimum atomic E-state index is -1.14. The number of benzene rings is 2. The maximum Gasteiger partial charge on any atom is 0.326 e. The molecule has 1 N–H and O–H groups in total. The van der Waals surface area contributed by atoms with Crippen molar-refractivity contribution in [3.63, 3.8) is 0 Å². The maximum absolute atomic E-state index is 14.3. The molecule has 28 heavy (non-hydrogen) atoms. The van der Waals surface area contributed by atoms with Crippen LogP contribution in [0.3, 0.4) is 0 Å². The van der Waals surface area contributed by atoms with Crippen LogP contribution in [0.4, 0.5) is 18.9 Å². The normalized spacial score (nSPS) is 15.5. The van der Waals surface area contributed by atoms with Gasteiger partial charge in [-0.25, -0.2) is 18.0 Å². The van der Waals surface area contributed by atoms with Crippen molar-refractivity contribution < 1.29 is 13.2 Å². The van der Waals surface area contributed by atoms with Crippen LogP contribution in [0.5, 0.6) is 0 Å². The molecule has 0 atom stereocenters. The summed E-state index contributed by atoms with van der Waals surface area (Å²) >= 11 is 0. The first-order valence-corrected chi connectivity index (χ1v) is 9.24. The van der Waals surface area contributed by atoms with E-state index in [4.69, 9.17) is 0 Å². The van der Waals surface area contributed by atoms with Crippen LogP contribution in [-0.4, -0.2) is 47.2 Å². The minimum Gasteiger partial charge on any atom is -0.367 e. The highest BCUT2D eigenvalue weighted by Crippen LogP contribution is 2.27. The largest absolute Gasteiger partial charge is 0.367 e. The average molecular weight is 390 g/mol. The molecular weight excluding hydrogens is 369 g/mol. The lowest BCUT2D eigenvalue weighted by Crippen LogP contribution is -2.47. The average Bonchev–Trinajstić information content (AvgIpc) is 3.03. The molecule has 148 valence electrons. The monoisotopic (exact) mass is 390 g/mol. The number of halogens is 3. The number of rotatable bonds is 4. The highest BCUT2D eigenvalue weighted by atomic mass is 19.2. The van der Waals surface area contributed by atoms with Crippen molar-refractivity contribution in [3.05, 3.63) is 63.8 Å². The second kappa shape index (κ2) is 7.35. The Morgan fingerprint density at radius 1 is 1.00 bits per heavy atom. The molecule has 1 saturated heterocycles. The number of hydrogen-bond donors (Lipinski definition) is 1. The Hall–Kier alpha value is -2.74. The Labute approximate surface area is 160 Å². The van der Waals surface area contributed by atoms with Crippen LogP contribution in [-0.2, 0) is 6.54 Å². The summed E-state index contributed by atoms with van der Waals surface area (Å²) in [6, 6.07) is 8.47. The first-order chi connectivity index (χ1) is 13.5. The van der Waals surface area contributed by atoms with Crippen molar-refractivity contribution in [1.82, 2.24) is 14.5 Å². The summed E-state index contributed by atoms with van der Waals surface area (Å²) in [5.74, 6) is -2.88. The Bertz CT molecular complexity index is 1070. The number of piperazine rings is 1. The molecule has 0 aliphatic carbocycles. The number of nitrogens with one attached hydrogen (secondary N) is 1. The number of imidazole rings is 1. The van der Waals surface area contributed by atoms with E-state index in [0.29, 0.717) is 39.3 Å². The molecule has 0 bridgehead atoms. The van der Waals surface area contributed by atoms with Crippen LogP contribution in [0.1, 0.15) is 5.56 Å². The fraction of sp³-hybridized carbons (Fsp3) is 0.350. The third-order valence-corrected chi connectivity index (χ3v) is 5.39. The number of anilines is 1. The summed E-state index contributed by atoms with van der Waals surface area (Å²) in [5, 5.41) is 0. The summed E-state index contributed by atoms with van der Waals surface area (Å²) in [7, 11) is 0. The van der Waals surface area contributed by atoms with Crippen molar-refractivity contribution >= 4 is 16.7 Å². The molecule has 0 spiro atoms. The Morgan fingerprint density at radius 3 is 2.46 bits per heavy atom. The molecule has 0 radical (unpaired) electrons. The molecule has 1 aliphatic rings. The molecule has 5 nitrogen and oxygen atoms in total. The van der Waals surface area contributed by atoms with Gasteiger partial charge in [-0.2, -0.15) is 0 Å². The lowest BCUT2D eigenvalue weighted by Gasteiger charge is -2.36. The van der Waals surface area contributed by atoms with E-state index in [-0.39, 0.29) is 16.9 Å².